The third kappa shape index (κ3) is 8.87. The van der Waals surface area contributed by atoms with Crippen molar-refractivity contribution in [3.63, 3.8) is 0 Å². The lowest BCUT2D eigenvalue weighted by Gasteiger charge is -2.18. The predicted octanol–water partition coefficient (Wildman–Crippen LogP) is 4.21. The zero-order valence-electron chi connectivity index (χ0n) is 17.5. The molecule has 2 N–H and O–H groups in total. The molecule has 0 saturated carbocycles. The van der Waals surface area contributed by atoms with E-state index in [0.717, 1.165) is 55.8 Å². The average Bonchev–Trinajstić information content (AvgIpc) is 3.09. The molecule has 0 amide bonds. The molecule has 0 atom stereocenters. The van der Waals surface area contributed by atoms with Crippen molar-refractivity contribution in [3.8, 4) is 0 Å². The van der Waals surface area contributed by atoms with Gasteiger partial charge in [-0.3, -0.25) is 4.90 Å². The fourth-order valence-electron chi connectivity index (χ4n) is 2.88. The Labute approximate surface area is 191 Å². The van der Waals surface area contributed by atoms with Crippen LogP contribution in [0, 0.1) is 6.92 Å². The standard InChI is InChI=1S/C21H33N5S.HI/c1-5-22-21(23-12-11-20-16-27-17(4)25-20)24-14-18-9-8-10-19(13-18)15-26(6-2)7-3;/h8-10,13,16H,5-7,11-12,14-15H2,1-4H3,(H2,22,23,24);1H. The number of halogens is 1. The van der Waals surface area contributed by atoms with E-state index < -0.39 is 0 Å². The molecule has 0 aliphatic rings. The van der Waals surface area contributed by atoms with Gasteiger partial charge < -0.3 is 10.6 Å². The van der Waals surface area contributed by atoms with Crippen molar-refractivity contribution in [2.45, 2.75) is 47.2 Å². The molecule has 0 saturated heterocycles. The average molecular weight is 516 g/mol. The lowest BCUT2D eigenvalue weighted by atomic mass is 10.1. The molecular weight excluding hydrogens is 481 g/mol. The number of aliphatic imine (C=N–C) groups is 1. The van der Waals surface area contributed by atoms with Gasteiger partial charge >= 0.3 is 0 Å². The molecule has 1 aromatic carbocycles. The van der Waals surface area contributed by atoms with E-state index >= 15 is 0 Å². The van der Waals surface area contributed by atoms with Crippen molar-refractivity contribution in [1.29, 1.82) is 0 Å². The van der Waals surface area contributed by atoms with Crippen LogP contribution < -0.4 is 10.6 Å². The van der Waals surface area contributed by atoms with E-state index in [4.69, 9.17) is 4.99 Å². The van der Waals surface area contributed by atoms with Gasteiger partial charge in [-0.15, -0.1) is 35.3 Å². The van der Waals surface area contributed by atoms with Crippen molar-refractivity contribution >= 4 is 41.3 Å². The van der Waals surface area contributed by atoms with Crippen molar-refractivity contribution in [3.05, 3.63) is 51.5 Å². The number of aromatic nitrogens is 1. The Morgan fingerprint density at radius 2 is 1.89 bits per heavy atom. The summed E-state index contributed by atoms with van der Waals surface area (Å²) in [5, 5.41) is 9.98. The molecule has 0 aliphatic carbocycles. The van der Waals surface area contributed by atoms with Crippen molar-refractivity contribution in [2.75, 3.05) is 26.2 Å². The minimum atomic E-state index is 0. The first kappa shape index (κ1) is 24.8. The van der Waals surface area contributed by atoms with E-state index in [-0.39, 0.29) is 24.0 Å². The maximum Gasteiger partial charge on any atom is 0.191 e. The van der Waals surface area contributed by atoms with E-state index in [1.807, 2.05) is 6.92 Å². The Balaban J connectivity index is 0.00000392. The van der Waals surface area contributed by atoms with Crippen LogP contribution in [-0.2, 0) is 19.5 Å². The Morgan fingerprint density at radius 3 is 2.54 bits per heavy atom. The maximum atomic E-state index is 4.74. The number of benzene rings is 1. The van der Waals surface area contributed by atoms with Gasteiger partial charge in [-0.1, -0.05) is 38.1 Å². The summed E-state index contributed by atoms with van der Waals surface area (Å²) in [4.78, 5) is 11.7. The molecule has 5 nitrogen and oxygen atoms in total. The molecule has 0 aliphatic heterocycles. The topological polar surface area (TPSA) is 52.6 Å². The third-order valence-corrected chi connectivity index (χ3v) is 5.22. The molecule has 1 aromatic heterocycles. The zero-order valence-corrected chi connectivity index (χ0v) is 20.6. The maximum absolute atomic E-state index is 4.74. The highest BCUT2D eigenvalue weighted by molar-refractivity contribution is 14.0. The largest absolute Gasteiger partial charge is 0.357 e. The van der Waals surface area contributed by atoms with Gasteiger partial charge in [0.2, 0.25) is 0 Å². The highest BCUT2D eigenvalue weighted by Gasteiger charge is 2.03. The monoisotopic (exact) mass is 515 g/mol. The summed E-state index contributed by atoms with van der Waals surface area (Å²) >= 11 is 1.70. The fraction of sp³-hybridized carbons (Fsp3) is 0.524. The third-order valence-electron chi connectivity index (χ3n) is 4.40. The van der Waals surface area contributed by atoms with Crippen LogP contribution >= 0.6 is 35.3 Å². The molecule has 0 radical (unpaired) electrons. The molecule has 0 spiro atoms. The van der Waals surface area contributed by atoms with Crippen LogP contribution in [0.5, 0.6) is 0 Å². The van der Waals surface area contributed by atoms with Gasteiger partial charge in [-0.25, -0.2) is 9.98 Å². The second-order valence-electron chi connectivity index (χ2n) is 6.51. The summed E-state index contributed by atoms with van der Waals surface area (Å²) in [5.41, 5.74) is 3.74. The minimum Gasteiger partial charge on any atom is -0.357 e. The normalized spacial score (nSPS) is 11.4. The van der Waals surface area contributed by atoms with Gasteiger partial charge in [0.25, 0.3) is 0 Å². The summed E-state index contributed by atoms with van der Waals surface area (Å²) in [7, 11) is 0. The van der Waals surface area contributed by atoms with Crippen LogP contribution in [0.3, 0.4) is 0 Å². The molecule has 0 unspecified atom stereocenters. The van der Waals surface area contributed by atoms with Crippen LogP contribution in [0.2, 0.25) is 0 Å². The first-order valence-electron chi connectivity index (χ1n) is 9.87. The molecule has 1 heterocycles. The molecule has 7 heteroatoms. The van der Waals surface area contributed by atoms with Crippen molar-refractivity contribution in [2.24, 2.45) is 4.99 Å². The van der Waals surface area contributed by atoms with Crippen LogP contribution in [0.1, 0.15) is 42.6 Å². The summed E-state index contributed by atoms with van der Waals surface area (Å²) in [6, 6.07) is 8.75. The van der Waals surface area contributed by atoms with E-state index in [1.165, 1.54) is 11.1 Å². The number of rotatable bonds is 10. The van der Waals surface area contributed by atoms with Gasteiger partial charge in [-0.05, 0) is 38.1 Å². The van der Waals surface area contributed by atoms with Crippen LogP contribution in [-0.4, -0.2) is 42.0 Å². The SMILES string of the molecule is CCNC(=NCc1cccc(CN(CC)CC)c1)NCCc1csc(C)n1.I. The molecule has 0 fully saturated rings. The van der Waals surface area contributed by atoms with E-state index in [2.05, 4.69) is 70.9 Å². The molecular formula is C21H34IN5S. The minimum absolute atomic E-state index is 0. The van der Waals surface area contributed by atoms with E-state index in [1.54, 1.807) is 11.3 Å². The fourth-order valence-corrected chi connectivity index (χ4v) is 3.52. The summed E-state index contributed by atoms with van der Waals surface area (Å²) in [5.74, 6) is 0.860. The molecule has 2 rings (SSSR count). The number of nitrogens with zero attached hydrogens (tertiary/aromatic N) is 3. The number of hydrogen-bond donors (Lipinski definition) is 2. The summed E-state index contributed by atoms with van der Waals surface area (Å²) < 4.78 is 0. The summed E-state index contributed by atoms with van der Waals surface area (Å²) in [6.07, 6.45) is 0.911. The molecule has 2 aromatic rings. The lowest BCUT2D eigenvalue weighted by Crippen LogP contribution is -2.38. The number of hydrogen-bond acceptors (Lipinski definition) is 4. The quantitative estimate of drug-likeness (QED) is 0.283. The van der Waals surface area contributed by atoms with Gasteiger partial charge in [0, 0.05) is 31.4 Å². The summed E-state index contributed by atoms with van der Waals surface area (Å²) in [6.45, 7) is 14.1. The smallest absolute Gasteiger partial charge is 0.191 e. The number of guanidine groups is 1. The second kappa shape index (κ2) is 13.9. The predicted molar refractivity (Wildman–Crippen MR) is 132 cm³/mol. The van der Waals surface area contributed by atoms with Crippen molar-refractivity contribution < 1.29 is 0 Å². The number of aryl methyl sites for hydroxylation is 1. The highest BCUT2D eigenvalue weighted by Crippen LogP contribution is 2.10. The molecule has 156 valence electrons. The molecule has 28 heavy (non-hydrogen) atoms. The van der Waals surface area contributed by atoms with Crippen LogP contribution in [0.4, 0.5) is 0 Å². The van der Waals surface area contributed by atoms with Gasteiger partial charge in [-0.2, -0.15) is 0 Å². The van der Waals surface area contributed by atoms with E-state index in [0.29, 0.717) is 6.54 Å². The Kier molecular flexibility index (Phi) is 12.3. The Hall–Kier alpha value is -1.19. The second-order valence-corrected chi connectivity index (χ2v) is 7.57. The van der Waals surface area contributed by atoms with Crippen LogP contribution in [0.25, 0.3) is 0 Å². The first-order chi connectivity index (χ1) is 13.1. The van der Waals surface area contributed by atoms with E-state index in [9.17, 15) is 0 Å². The number of thiazole rings is 1. The Bertz CT molecular complexity index is 712. The van der Waals surface area contributed by atoms with Gasteiger partial charge in [0.05, 0.1) is 17.2 Å². The number of nitrogens with one attached hydrogen (secondary N) is 2. The zero-order chi connectivity index (χ0) is 19.5. The lowest BCUT2D eigenvalue weighted by molar-refractivity contribution is 0.296. The van der Waals surface area contributed by atoms with Gasteiger partial charge in [0.1, 0.15) is 0 Å². The van der Waals surface area contributed by atoms with Crippen molar-refractivity contribution in [1.82, 2.24) is 20.5 Å². The molecule has 0 bridgehead atoms. The van der Waals surface area contributed by atoms with Gasteiger partial charge in [0.15, 0.2) is 5.96 Å². The Morgan fingerprint density at radius 1 is 1.14 bits per heavy atom. The first-order valence-corrected chi connectivity index (χ1v) is 10.8. The van der Waals surface area contributed by atoms with Crippen LogP contribution in [0.15, 0.2) is 34.6 Å². The highest BCUT2D eigenvalue weighted by atomic mass is 127.